The molecule has 5 nitrogen and oxygen atoms in total. The Balaban J connectivity index is 2.08. The van der Waals surface area contributed by atoms with Gasteiger partial charge in [-0.25, -0.2) is 14.8 Å². The van der Waals surface area contributed by atoms with Crippen LogP contribution in [0.5, 0.6) is 0 Å². The van der Waals surface area contributed by atoms with Gasteiger partial charge in [-0.3, -0.25) is 0 Å². The van der Waals surface area contributed by atoms with Gasteiger partial charge >= 0.3 is 5.97 Å². The molecule has 0 radical (unpaired) electrons. The number of nitrogens with zero attached hydrogens (tertiary/aromatic N) is 2. The molecule has 0 aromatic carbocycles. The van der Waals surface area contributed by atoms with E-state index < -0.39 is 12.0 Å². The van der Waals surface area contributed by atoms with Crippen LogP contribution in [0.3, 0.4) is 0 Å². The molecule has 0 aliphatic heterocycles. The predicted octanol–water partition coefficient (Wildman–Crippen LogP) is 2.23. The van der Waals surface area contributed by atoms with Gasteiger partial charge in [0.15, 0.2) is 0 Å². The Hall–Kier alpha value is -1.65. The van der Waals surface area contributed by atoms with Gasteiger partial charge in [0.2, 0.25) is 0 Å². The highest BCUT2D eigenvalue weighted by Crippen LogP contribution is 2.28. The minimum absolute atomic E-state index is 0.200. The summed E-state index contributed by atoms with van der Waals surface area (Å²) < 4.78 is 0. The lowest BCUT2D eigenvalue weighted by atomic mass is 9.84. The molecule has 1 saturated carbocycles. The van der Waals surface area contributed by atoms with Crippen molar-refractivity contribution in [3.05, 3.63) is 18.1 Å². The maximum absolute atomic E-state index is 11.4. The van der Waals surface area contributed by atoms with Crippen LogP contribution in [-0.2, 0) is 4.79 Å². The normalized spacial score (nSPS) is 18.3. The third kappa shape index (κ3) is 3.18. The summed E-state index contributed by atoms with van der Waals surface area (Å²) in [6, 6.07) is 1.17. The summed E-state index contributed by atoms with van der Waals surface area (Å²) in [6.07, 6.45) is 7.07. The molecule has 98 valence electrons. The van der Waals surface area contributed by atoms with Crippen molar-refractivity contribution in [3.8, 4) is 0 Å². The lowest BCUT2D eigenvalue weighted by molar-refractivity contribution is -0.139. The van der Waals surface area contributed by atoms with E-state index in [1.807, 2.05) is 0 Å². The number of carboxylic acid groups (broad SMARTS) is 1. The zero-order valence-electron chi connectivity index (χ0n) is 10.6. The number of rotatable bonds is 4. The molecule has 0 saturated heterocycles. The van der Waals surface area contributed by atoms with Crippen molar-refractivity contribution in [1.82, 2.24) is 9.97 Å². The number of aryl methyl sites for hydroxylation is 1. The van der Waals surface area contributed by atoms with E-state index in [0.717, 1.165) is 25.7 Å². The number of carbonyl (C=O) groups is 1. The molecule has 0 amide bonds. The number of carboxylic acids is 1. The van der Waals surface area contributed by atoms with Gasteiger partial charge in [-0.15, -0.1) is 0 Å². The highest BCUT2D eigenvalue weighted by atomic mass is 16.4. The van der Waals surface area contributed by atoms with E-state index in [4.69, 9.17) is 0 Å². The van der Waals surface area contributed by atoms with Crippen molar-refractivity contribution in [3.63, 3.8) is 0 Å². The summed E-state index contributed by atoms with van der Waals surface area (Å²) >= 11 is 0. The number of aromatic nitrogens is 2. The molecule has 2 rings (SSSR count). The van der Waals surface area contributed by atoms with Crippen molar-refractivity contribution < 1.29 is 9.90 Å². The van der Waals surface area contributed by atoms with Gasteiger partial charge in [0.05, 0.1) is 0 Å². The molecule has 1 aromatic rings. The van der Waals surface area contributed by atoms with Gasteiger partial charge in [-0.1, -0.05) is 19.3 Å². The Morgan fingerprint density at radius 1 is 1.44 bits per heavy atom. The monoisotopic (exact) mass is 249 g/mol. The van der Waals surface area contributed by atoms with Gasteiger partial charge < -0.3 is 10.4 Å². The Bertz CT molecular complexity index is 416. The average Bonchev–Trinajstić information content (AvgIpc) is 2.37. The van der Waals surface area contributed by atoms with Crippen molar-refractivity contribution in [2.24, 2.45) is 5.92 Å². The van der Waals surface area contributed by atoms with Gasteiger partial charge in [-0.05, 0) is 31.7 Å². The topological polar surface area (TPSA) is 75.1 Å². The molecule has 1 aliphatic carbocycles. The Labute approximate surface area is 107 Å². The van der Waals surface area contributed by atoms with E-state index in [9.17, 15) is 9.90 Å². The van der Waals surface area contributed by atoms with Crippen molar-refractivity contribution in [2.75, 3.05) is 5.32 Å². The minimum atomic E-state index is -0.793. The van der Waals surface area contributed by atoms with Crippen LogP contribution < -0.4 is 5.32 Å². The lowest BCUT2D eigenvalue weighted by Crippen LogP contribution is -2.38. The molecular formula is C13H19N3O2. The number of aliphatic carboxylic acids is 1. The van der Waals surface area contributed by atoms with Crippen molar-refractivity contribution >= 4 is 11.8 Å². The van der Waals surface area contributed by atoms with Gasteiger partial charge in [0.1, 0.15) is 17.7 Å². The molecule has 0 spiro atoms. The van der Waals surface area contributed by atoms with E-state index >= 15 is 0 Å². The van der Waals surface area contributed by atoms with Gasteiger partial charge in [0.25, 0.3) is 0 Å². The first-order chi connectivity index (χ1) is 8.66. The van der Waals surface area contributed by atoms with E-state index in [1.165, 1.54) is 6.42 Å². The molecule has 1 aromatic heterocycles. The maximum atomic E-state index is 11.4. The van der Waals surface area contributed by atoms with E-state index in [-0.39, 0.29) is 5.92 Å². The molecular weight excluding hydrogens is 230 g/mol. The van der Waals surface area contributed by atoms with Crippen molar-refractivity contribution in [1.29, 1.82) is 0 Å². The number of nitrogens with one attached hydrogen (secondary N) is 1. The molecule has 1 atom stereocenters. The van der Waals surface area contributed by atoms with Crippen LogP contribution in [0.25, 0.3) is 0 Å². The molecule has 1 fully saturated rings. The van der Waals surface area contributed by atoms with Crippen LogP contribution in [0.1, 0.15) is 37.9 Å². The average molecular weight is 249 g/mol. The van der Waals surface area contributed by atoms with Gasteiger partial charge in [0, 0.05) is 6.20 Å². The molecule has 0 bridgehead atoms. The summed E-state index contributed by atoms with van der Waals surface area (Å²) in [4.78, 5) is 19.6. The smallest absolute Gasteiger partial charge is 0.326 e. The number of hydrogen-bond acceptors (Lipinski definition) is 4. The fourth-order valence-corrected chi connectivity index (χ4v) is 2.54. The van der Waals surface area contributed by atoms with Crippen LogP contribution in [-0.4, -0.2) is 27.1 Å². The molecule has 1 unspecified atom stereocenters. The molecule has 5 heteroatoms. The Morgan fingerprint density at radius 2 is 2.17 bits per heavy atom. The molecule has 18 heavy (non-hydrogen) atoms. The second-order valence-corrected chi connectivity index (χ2v) is 4.85. The third-order valence-electron chi connectivity index (χ3n) is 3.47. The zero-order valence-corrected chi connectivity index (χ0v) is 10.6. The van der Waals surface area contributed by atoms with Gasteiger partial charge in [-0.2, -0.15) is 0 Å². The van der Waals surface area contributed by atoms with E-state index in [2.05, 4.69) is 15.3 Å². The largest absolute Gasteiger partial charge is 0.480 e. The number of hydrogen-bond donors (Lipinski definition) is 2. The third-order valence-corrected chi connectivity index (χ3v) is 3.47. The summed E-state index contributed by atoms with van der Waals surface area (Å²) in [5, 5.41) is 12.4. The molecule has 2 N–H and O–H groups in total. The maximum Gasteiger partial charge on any atom is 0.326 e. The predicted molar refractivity (Wildman–Crippen MR) is 68.4 cm³/mol. The van der Waals surface area contributed by atoms with Crippen LogP contribution >= 0.6 is 0 Å². The highest BCUT2D eigenvalue weighted by molar-refractivity contribution is 5.77. The van der Waals surface area contributed by atoms with Crippen molar-refractivity contribution in [2.45, 2.75) is 45.1 Å². The van der Waals surface area contributed by atoms with Crippen LogP contribution in [0.2, 0.25) is 0 Å². The Kier molecular flexibility index (Phi) is 4.12. The minimum Gasteiger partial charge on any atom is -0.480 e. The Morgan fingerprint density at radius 3 is 2.78 bits per heavy atom. The highest BCUT2D eigenvalue weighted by Gasteiger charge is 2.29. The first-order valence-corrected chi connectivity index (χ1v) is 6.46. The second-order valence-electron chi connectivity index (χ2n) is 4.85. The first kappa shape index (κ1) is 12.8. The summed E-state index contributed by atoms with van der Waals surface area (Å²) in [6.45, 7) is 1.79. The fraction of sp³-hybridized carbons (Fsp3) is 0.615. The van der Waals surface area contributed by atoms with Crippen LogP contribution in [0.4, 0.5) is 5.82 Å². The standard InChI is InChI=1S/C13H19N3O2/c1-9-14-8-7-11(15-9)16-12(13(17)18)10-5-3-2-4-6-10/h7-8,10,12H,2-6H2,1H3,(H,17,18)(H,14,15,16). The first-order valence-electron chi connectivity index (χ1n) is 6.46. The lowest BCUT2D eigenvalue weighted by Gasteiger charge is -2.28. The quantitative estimate of drug-likeness (QED) is 0.855. The fourth-order valence-electron chi connectivity index (χ4n) is 2.54. The SMILES string of the molecule is Cc1nccc(NC(C(=O)O)C2CCCCC2)n1. The molecule has 1 heterocycles. The second kappa shape index (κ2) is 5.80. The van der Waals surface area contributed by atoms with E-state index in [0.29, 0.717) is 11.6 Å². The van der Waals surface area contributed by atoms with Crippen LogP contribution in [0, 0.1) is 12.8 Å². The van der Waals surface area contributed by atoms with E-state index in [1.54, 1.807) is 19.2 Å². The van der Waals surface area contributed by atoms with Crippen LogP contribution in [0.15, 0.2) is 12.3 Å². The summed E-state index contributed by atoms with van der Waals surface area (Å²) in [5.74, 6) is 0.651. The summed E-state index contributed by atoms with van der Waals surface area (Å²) in [7, 11) is 0. The molecule has 1 aliphatic rings. The zero-order chi connectivity index (χ0) is 13.0. The summed E-state index contributed by atoms with van der Waals surface area (Å²) in [5.41, 5.74) is 0. The number of anilines is 1.